The summed E-state index contributed by atoms with van der Waals surface area (Å²) in [6.45, 7) is 8.43. The lowest BCUT2D eigenvalue weighted by Crippen LogP contribution is -2.53. The van der Waals surface area contributed by atoms with Gasteiger partial charge < -0.3 is 15.0 Å². The second-order valence-electron chi connectivity index (χ2n) is 7.44. The molecule has 134 valence electrons. The van der Waals surface area contributed by atoms with E-state index in [0.717, 1.165) is 5.69 Å². The van der Waals surface area contributed by atoms with Crippen LogP contribution < -0.4 is 5.32 Å². The monoisotopic (exact) mass is 342 g/mol. The highest BCUT2D eigenvalue weighted by atomic mass is 16.5. The molecule has 2 aliphatic heterocycles. The summed E-state index contributed by atoms with van der Waals surface area (Å²) in [5, 5.41) is 3.52. The third kappa shape index (κ3) is 3.09. The number of fused-ring (bicyclic) bond motifs is 1. The molecule has 1 fully saturated rings. The van der Waals surface area contributed by atoms with Gasteiger partial charge in [0.05, 0.1) is 5.92 Å². The van der Waals surface area contributed by atoms with Crippen molar-refractivity contribution >= 4 is 17.4 Å². The molecule has 0 bridgehead atoms. The molecule has 0 radical (unpaired) electrons. The average Bonchev–Trinajstić information content (AvgIpc) is 2.97. The Balaban J connectivity index is 1.97. The molecule has 2 heterocycles. The van der Waals surface area contributed by atoms with Crippen molar-refractivity contribution < 1.29 is 14.3 Å². The van der Waals surface area contributed by atoms with E-state index in [9.17, 15) is 9.59 Å². The molecular weight excluding hydrogens is 316 g/mol. The second-order valence-corrected chi connectivity index (χ2v) is 7.44. The number of nitrogens with one attached hydrogen (secondary N) is 1. The van der Waals surface area contributed by atoms with Gasteiger partial charge in [-0.2, -0.15) is 0 Å². The Hall–Kier alpha value is -2.14. The number of rotatable bonds is 5. The number of benzene rings is 1. The van der Waals surface area contributed by atoms with E-state index in [4.69, 9.17) is 4.74 Å². The van der Waals surface area contributed by atoms with E-state index in [1.807, 2.05) is 30.3 Å². The van der Waals surface area contributed by atoms with Gasteiger partial charge in [-0.3, -0.25) is 9.59 Å². The van der Waals surface area contributed by atoms with Crippen LogP contribution in [0.2, 0.25) is 0 Å². The zero-order chi connectivity index (χ0) is 18.2. The van der Waals surface area contributed by atoms with Crippen LogP contribution in [-0.4, -0.2) is 42.5 Å². The van der Waals surface area contributed by atoms with Crippen LogP contribution in [0.5, 0.6) is 0 Å². The van der Waals surface area contributed by atoms with Crippen LogP contribution >= 0.6 is 0 Å². The lowest BCUT2D eigenvalue weighted by Gasteiger charge is -2.43. The Kier molecular flexibility index (Phi) is 4.69. The lowest BCUT2D eigenvalue weighted by molar-refractivity contribution is -0.135. The molecule has 25 heavy (non-hydrogen) atoms. The molecule has 3 atom stereocenters. The van der Waals surface area contributed by atoms with E-state index in [-0.39, 0.29) is 35.3 Å². The molecule has 1 aromatic rings. The lowest BCUT2D eigenvalue weighted by atomic mass is 9.72. The van der Waals surface area contributed by atoms with E-state index in [1.165, 1.54) is 0 Å². The first-order valence-electron chi connectivity index (χ1n) is 8.74. The first-order valence-corrected chi connectivity index (χ1v) is 8.74. The van der Waals surface area contributed by atoms with E-state index in [2.05, 4.69) is 25.7 Å². The minimum absolute atomic E-state index is 0.0497. The second kappa shape index (κ2) is 6.64. The Bertz CT molecular complexity index is 698. The van der Waals surface area contributed by atoms with Crippen molar-refractivity contribution in [1.29, 1.82) is 0 Å². The third-order valence-corrected chi connectivity index (χ3v) is 5.51. The number of amides is 1. The fraction of sp³-hybridized carbons (Fsp3) is 0.500. The average molecular weight is 342 g/mol. The number of anilines is 1. The minimum atomic E-state index is -0.345. The van der Waals surface area contributed by atoms with E-state index < -0.39 is 0 Å². The van der Waals surface area contributed by atoms with Gasteiger partial charge in [0.15, 0.2) is 5.78 Å². The van der Waals surface area contributed by atoms with Crippen molar-refractivity contribution in [1.82, 2.24) is 4.90 Å². The van der Waals surface area contributed by atoms with Crippen LogP contribution in [0.15, 0.2) is 36.9 Å². The first kappa shape index (κ1) is 17.7. The standard InChI is InChI=1S/C20H26N2O3/c1-5-20(2,3)19-14(12-22-16(23)10-11-17(22)25-4)18(24)13-8-6-7-9-15(13)21-19/h5-9,14,17,19,21H,1,10-12H2,2-4H3. The summed E-state index contributed by atoms with van der Waals surface area (Å²) in [6.07, 6.45) is 2.78. The van der Waals surface area contributed by atoms with Crippen LogP contribution in [0.1, 0.15) is 37.0 Å². The Morgan fingerprint density at radius 2 is 2.08 bits per heavy atom. The van der Waals surface area contributed by atoms with E-state index in [0.29, 0.717) is 24.9 Å². The van der Waals surface area contributed by atoms with Crippen LogP contribution in [0.3, 0.4) is 0 Å². The number of ether oxygens (including phenoxy) is 1. The maximum atomic E-state index is 13.2. The van der Waals surface area contributed by atoms with Gasteiger partial charge in [-0.15, -0.1) is 6.58 Å². The van der Waals surface area contributed by atoms with Crippen LogP contribution in [0, 0.1) is 11.3 Å². The fourth-order valence-corrected chi connectivity index (χ4v) is 3.85. The van der Waals surface area contributed by atoms with Gasteiger partial charge in [0.2, 0.25) is 5.91 Å². The molecule has 1 amide bonds. The third-order valence-electron chi connectivity index (χ3n) is 5.51. The molecule has 3 unspecified atom stereocenters. The van der Waals surface area contributed by atoms with Crippen molar-refractivity contribution in [3.63, 3.8) is 0 Å². The Morgan fingerprint density at radius 3 is 2.76 bits per heavy atom. The quantitative estimate of drug-likeness (QED) is 0.836. The number of likely N-dealkylation sites (tertiary alicyclic amines) is 1. The number of methoxy groups -OCH3 is 1. The number of ketones is 1. The molecule has 5 heteroatoms. The largest absolute Gasteiger partial charge is 0.380 e. The summed E-state index contributed by atoms with van der Waals surface area (Å²) in [4.78, 5) is 27.2. The van der Waals surface area contributed by atoms with E-state index >= 15 is 0 Å². The number of nitrogens with zero attached hydrogens (tertiary/aromatic N) is 1. The van der Waals surface area contributed by atoms with Gasteiger partial charge in [0.1, 0.15) is 6.23 Å². The van der Waals surface area contributed by atoms with Crippen LogP contribution in [0.25, 0.3) is 0 Å². The number of carbonyl (C=O) groups excluding carboxylic acids is 2. The molecule has 0 aromatic heterocycles. The van der Waals surface area contributed by atoms with Gasteiger partial charge >= 0.3 is 0 Å². The van der Waals surface area contributed by atoms with Crippen molar-refractivity contribution in [2.75, 3.05) is 19.0 Å². The molecular formula is C20H26N2O3. The summed E-state index contributed by atoms with van der Waals surface area (Å²) in [5.74, 6) is -0.222. The zero-order valence-electron chi connectivity index (χ0n) is 15.1. The SMILES string of the molecule is C=CC(C)(C)C1Nc2ccccc2C(=O)C1CN1C(=O)CCC1OC. The molecule has 3 rings (SSSR count). The van der Waals surface area contributed by atoms with Gasteiger partial charge in [-0.1, -0.05) is 32.1 Å². The Labute approximate surface area is 149 Å². The summed E-state index contributed by atoms with van der Waals surface area (Å²) in [7, 11) is 1.61. The molecule has 0 saturated carbocycles. The number of hydrogen-bond donors (Lipinski definition) is 1. The van der Waals surface area contributed by atoms with Gasteiger partial charge in [0.25, 0.3) is 0 Å². The predicted molar refractivity (Wildman–Crippen MR) is 97.4 cm³/mol. The number of hydrogen-bond acceptors (Lipinski definition) is 4. The number of para-hydroxylation sites is 1. The van der Waals surface area contributed by atoms with E-state index in [1.54, 1.807) is 12.0 Å². The zero-order valence-corrected chi connectivity index (χ0v) is 15.1. The topological polar surface area (TPSA) is 58.6 Å². The van der Waals surface area contributed by atoms with Crippen LogP contribution in [-0.2, 0) is 9.53 Å². The predicted octanol–water partition coefficient (Wildman–Crippen LogP) is 3.09. The summed E-state index contributed by atoms with van der Waals surface area (Å²) in [5.41, 5.74) is 1.23. The molecule has 5 nitrogen and oxygen atoms in total. The molecule has 2 aliphatic rings. The molecule has 0 spiro atoms. The van der Waals surface area contributed by atoms with Crippen molar-refractivity contribution in [2.45, 2.75) is 39.0 Å². The maximum absolute atomic E-state index is 13.2. The van der Waals surface area contributed by atoms with Crippen molar-refractivity contribution in [2.24, 2.45) is 11.3 Å². The minimum Gasteiger partial charge on any atom is -0.380 e. The van der Waals surface area contributed by atoms with Crippen molar-refractivity contribution in [3.05, 3.63) is 42.5 Å². The summed E-state index contributed by atoms with van der Waals surface area (Å²) >= 11 is 0. The maximum Gasteiger partial charge on any atom is 0.224 e. The molecule has 1 N–H and O–H groups in total. The fourth-order valence-electron chi connectivity index (χ4n) is 3.85. The van der Waals surface area contributed by atoms with Gasteiger partial charge in [0, 0.05) is 49.2 Å². The first-order chi connectivity index (χ1) is 11.9. The molecule has 1 aromatic carbocycles. The smallest absolute Gasteiger partial charge is 0.224 e. The van der Waals surface area contributed by atoms with Crippen molar-refractivity contribution in [3.8, 4) is 0 Å². The van der Waals surface area contributed by atoms with Crippen LogP contribution in [0.4, 0.5) is 5.69 Å². The summed E-state index contributed by atoms with van der Waals surface area (Å²) < 4.78 is 5.44. The highest BCUT2D eigenvalue weighted by molar-refractivity contribution is 6.05. The number of Topliss-reactive ketones (excluding diaryl/α,β-unsaturated/α-hetero) is 1. The normalized spacial score (nSPS) is 26.4. The highest BCUT2D eigenvalue weighted by Gasteiger charge is 2.45. The molecule has 0 aliphatic carbocycles. The molecule has 1 saturated heterocycles. The Morgan fingerprint density at radius 1 is 1.36 bits per heavy atom. The van der Waals surface area contributed by atoms with Gasteiger partial charge in [-0.05, 0) is 12.1 Å². The summed E-state index contributed by atoms with van der Waals surface area (Å²) in [6, 6.07) is 7.41. The number of carbonyl (C=O) groups is 2. The highest BCUT2D eigenvalue weighted by Crippen LogP contribution is 2.38. The van der Waals surface area contributed by atoms with Gasteiger partial charge in [-0.25, -0.2) is 0 Å².